The van der Waals surface area contributed by atoms with E-state index in [2.05, 4.69) is 9.62 Å². The van der Waals surface area contributed by atoms with Crippen molar-refractivity contribution in [2.75, 3.05) is 45.7 Å². The number of nitrogens with one attached hydrogen (secondary N) is 1. The lowest BCUT2D eigenvalue weighted by molar-refractivity contribution is 0.246. The van der Waals surface area contributed by atoms with Crippen LogP contribution in [0.3, 0.4) is 0 Å². The third-order valence-electron chi connectivity index (χ3n) is 5.28. The molecule has 1 heterocycles. The van der Waals surface area contributed by atoms with E-state index in [9.17, 15) is 12.8 Å². The molecule has 29 heavy (non-hydrogen) atoms. The van der Waals surface area contributed by atoms with Crippen molar-refractivity contribution in [2.24, 2.45) is 0 Å². The number of nitrogens with zero attached hydrogens (tertiary/aromatic N) is 2. The maximum Gasteiger partial charge on any atom is 0.240 e. The van der Waals surface area contributed by atoms with Crippen molar-refractivity contribution >= 4 is 15.7 Å². The molecule has 1 N–H and O–H groups in total. The number of likely N-dealkylation sites (tertiary alicyclic amines) is 1. The topological polar surface area (TPSA) is 61.9 Å². The number of sulfonamides is 1. The first-order valence-electron chi connectivity index (χ1n) is 9.66. The van der Waals surface area contributed by atoms with Crippen LogP contribution in [-0.2, 0) is 10.0 Å². The van der Waals surface area contributed by atoms with E-state index in [1.165, 1.54) is 19.2 Å². The van der Waals surface area contributed by atoms with Gasteiger partial charge < -0.3 is 9.64 Å². The number of hydrogen-bond acceptors (Lipinski definition) is 5. The van der Waals surface area contributed by atoms with Crippen molar-refractivity contribution in [3.63, 3.8) is 0 Å². The van der Waals surface area contributed by atoms with Gasteiger partial charge in [0.05, 0.1) is 12.0 Å². The highest BCUT2D eigenvalue weighted by Crippen LogP contribution is 2.27. The number of methoxy groups -OCH3 is 1. The molecule has 1 aliphatic heterocycles. The van der Waals surface area contributed by atoms with E-state index < -0.39 is 15.8 Å². The van der Waals surface area contributed by atoms with Gasteiger partial charge in [-0.25, -0.2) is 17.5 Å². The SMILES string of the molecule is COc1ccc(S(=O)(=O)NC[C@@H](c2ccc(N(C)C)cc2)N2CCCC2)cc1F. The Bertz CT molecular complexity index is 927. The molecule has 0 bridgehead atoms. The van der Waals surface area contributed by atoms with E-state index in [0.29, 0.717) is 0 Å². The summed E-state index contributed by atoms with van der Waals surface area (Å²) in [5, 5.41) is 0. The maximum absolute atomic E-state index is 14.0. The van der Waals surface area contributed by atoms with Crippen LogP contribution < -0.4 is 14.4 Å². The van der Waals surface area contributed by atoms with Crippen LogP contribution in [0.4, 0.5) is 10.1 Å². The van der Waals surface area contributed by atoms with Gasteiger partial charge in [0, 0.05) is 32.4 Å². The summed E-state index contributed by atoms with van der Waals surface area (Å²) in [5.41, 5.74) is 2.14. The molecule has 0 unspecified atom stereocenters. The van der Waals surface area contributed by atoms with Crippen LogP contribution in [0.25, 0.3) is 0 Å². The molecular weight excluding hydrogens is 393 g/mol. The predicted octanol–water partition coefficient (Wildman–Crippen LogP) is 3.02. The Labute approximate surface area is 172 Å². The van der Waals surface area contributed by atoms with Gasteiger partial charge in [-0.05, 0) is 61.8 Å². The van der Waals surface area contributed by atoms with E-state index in [1.54, 1.807) is 0 Å². The molecule has 1 atom stereocenters. The number of halogens is 1. The minimum absolute atomic E-state index is 0.0138. The summed E-state index contributed by atoms with van der Waals surface area (Å²) in [6.45, 7) is 2.08. The molecule has 0 spiro atoms. The molecule has 3 rings (SSSR count). The van der Waals surface area contributed by atoms with Gasteiger partial charge in [0.25, 0.3) is 0 Å². The Kier molecular flexibility index (Phi) is 6.77. The van der Waals surface area contributed by atoms with Crippen molar-refractivity contribution in [3.8, 4) is 5.75 Å². The molecular formula is C21H28FN3O3S. The monoisotopic (exact) mass is 421 g/mol. The normalized spacial score (nSPS) is 16.0. The van der Waals surface area contributed by atoms with Crippen LogP contribution >= 0.6 is 0 Å². The van der Waals surface area contributed by atoms with Crippen LogP contribution in [-0.4, -0.2) is 54.2 Å². The summed E-state index contributed by atoms with van der Waals surface area (Å²) in [6.07, 6.45) is 2.20. The summed E-state index contributed by atoms with van der Waals surface area (Å²) in [7, 11) is 1.46. The summed E-state index contributed by atoms with van der Waals surface area (Å²) >= 11 is 0. The summed E-state index contributed by atoms with van der Waals surface area (Å²) in [6, 6.07) is 11.7. The zero-order chi connectivity index (χ0) is 21.0. The van der Waals surface area contributed by atoms with Crippen LogP contribution in [0.2, 0.25) is 0 Å². The third kappa shape index (κ3) is 5.07. The first-order chi connectivity index (χ1) is 13.8. The number of rotatable bonds is 8. The molecule has 1 saturated heterocycles. The Morgan fingerprint density at radius 2 is 1.79 bits per heavy atom. The maximum atomic E-state index is 14.0. The zero-order valence-electron chi connectivity index (χ0n) is 17.1. The number of anilines is 1. The fourth-order valence-corrected chi connectivity index (χ4v) is 4.64. The average molecular weight is 422 g/mol. The molecule has 0 radical (unpaired) electrons. The molecule has 158 valence electrons. The molecule has 6 nitrogen and oxygen atoms in total. The second kappa shape index (κ2) is 9.11. The molecule has 8 heteroatoms. The largest absolute Gasteiger partial charge is 0.494 e. The quantitative estimate of drug-likeness (QED) is 0.710. The fourth-order valence-electron chi connectivity index (χ4n) is 3.59. The van der Waals surface area contributed by atoms with Crippen molar-refractivity contribution in [1.29, 1.82) is 0 Å². The minimum Gasteiger partial charge on any atom is -0.494 e. The van der Waals surface area contributed by atoms with Gasteiger partial charge in [-0.15, -0.1) is 0 Å². The first-order valence-corrected chi connectivity index (χ1v) is 11.1. The highest BCUT2D eigenvalue weighted by atomic mass is 32.2. The smallest absolute Gasteiger partial charge is 0.240 e. The van der Waals surface area contributed by atoms with Crippen LogP contribution in [0.15, 0.2) is 47.4 Å². The lowest BCUT2D eigenvalue weighted by atomic mass is 10.1. The summed E-state index contributed by atoms with van der Waals surface area (Å²) in [4.78, 5) is 4.20. The predicted molar refractivity (Wildman–Crippen MR) is 112 cm³/mol. The Morgan fingerprint density at radius 3 is 2.34 bits per heavy atom. The van der Waals surface area contributed by atoms with Crippen molar-refractivity contribution in [2.45, 2.75) is 23.8 Å². The second-order valence-electron chi connectivity index (χ2n) is 7.39. The first kappa shape index (κ1) is 21.5. The summed E-state index contributed by atoms with van der Waals surface area (Å²) < 4.78 is 47.0. The van der Waals surface area contributed by atoms with Gasteiger partial charge >= 0.3 is 0 Å². The van der Waals surface area contributed by atoms with Crippen molar-refractivity contribution < 1.29 is 17.5 Å². The van der Waals surface area contributed by atoms with Crippen LogP contribution in [0.5, 0.6) is 5.75 Å². The Hall–Kier alpha value is -2.16. The van der Waals surface area contributed by atoms with Gasteiger partial charge in [-0.3, -0.25) is 4.90 Å². The Morgan fingerprint density at radius 1 is 1.14 bits per heavy atom. The third-order valence-corrected chi connectivity index (χ3v) is 6.70. The van der Waals surface area contributed by atoms with E-state index in [4.69, 9.17) is 4.74 Å². The second-order valence-corrected chi connectivity index (χ2v) is 9.16. The zero-order valence-corrected chi connectivity index (χ0v) is 17.9. The van der Waals surface area contributed by atoms with Crippen molar-refractivity contribution in [3.05, 3.63) is 53.8 Å². The average Bonchev–Trinajstić information content (AvgIpc) is 3.23. The minimum atomic E-state index is -3.84. The van der Waals surface area contributed by atoms with Crippen molar-refractivity contribution in [1.82, 2.24) is 9.62 Å². The van der Waals surface area contributed by atoms with Gasteiger partial charge in [0.1, 0.15) is 0 Å². The lowest BCUT2D eigenvalue weighted by Crippen LogP contribution is -2.36. The molecule has 0 aliphatic carbocycles. The molecule has 2 aromatic rings. The van der Waals surface area contributed by atoms with Gasteiger partial charge in [0.15, 0.2) is 11.6 Å². The van der Waals surface area contributed by atoms with E-state index in [-0.39, 0.29) is 23.2 Å². The van der Waals surface area contributed by atoms with Crippen LogP contribution in [0.1, 0.15) is 24.4 Å². The highest BCUT2D eigenvalue weighted by molar-refractivity contribution is 7.89. The van der Waals surface area contributed by atoms with Gasteiger partial charge in [-0.1, -0.05) is 12.1 Å². The molecule has 2 aromatic carbocycles. The Balaban J connectivity index is 1.80. The number of ether oxygens (including phenoxy) is 1. The van der Waals surface area contributed by atoms with E-state index in [1.807, 2.05) is 43.3 Å². The molecule has 0 saturated carbocycles. The fraction of sp³-hybridized carbons (Fsp3) is 0.429. The standard InChI is InChI=1S/C21H28FN3O3S/c1-24(2)17-8-6-16(7-9-17)20(25-12-4-5-13-25)15-23-29(26,27)18-10-11-21(28-3)19(22)14-18/h6-11,14,20,23H,4-5,12-13,15H2,1-3H3/t20-/m0/s1. The number of hydrogen-bond donors (Lipinski definition) is 1. The van der Waals surface area contributed by atoms with Gasteiger partial charge in [-0.2, -0.15) is 0 Å². The van der Waals surface area contributed by atoms with Crippen LogP contribution in [0, 0.1) is 5.82 Å². The lowest BCUT2D eigenvalue weighted by Gasteiger charge is -2.28. The highest BCUT2D eigenvalue weighted by Gasteiger charge is 2.26. The molecule has 0 amide bonds. The van der Waals surface area contributed by atoms with E-state index in [0.717, 1.165) is 43.2 Å². The van der Waals surface area contributed by atoms with Gasteiger partial charge in [0.2, 0.25) is 10.0 Å². The number of benzene rings is 2. The molecule has 0 aromatic heterocycles. The molecule has 1 fully saturated rings. The molecule has 1 aliphatic rings. The summed E-state index contributed by atoms with van der Waals surface area (Å²) in [5.74, 6) is -0.689. The van der Waals surface area contributed by atoms with E-state index >= 15 is 0 Å².